The van der Waals surface area contributed by atoms with Crippen LogP contribution in [-0.4, -0.2) is 291 Å². The molecule has 774 valence electrons. The summed E-state index contributed by atoms with van der Waals surface area (Å²) in [4.78, 5) is 69.5. The van der Waals surface area contributed by atoms with Gasteiger partial charge in [0.05, 0.1) is 51.2 Å². The van der Waals surface area contributed by atoms with Crippen LogP contribution in [0.1, 0.15) is 81.9 Å². The highest BCUT2D eigenvalue weighted by atomic mass is 32.2. The van der Waals surface area contributed by atoms with Gasteiger partial charge >= 0.3 is 6.03 Å². The summed E-state index contributed by atoms with van der Waals surface area (Å²) in [5.74, 6) is -0.234. The van der Waals surface area contributed by atoms with Crippen LogP contribution in [-0.2, 0) is 89.3 Å². The van der Waals surface area contributed by atoms with Crippen molar-refractivity contribution in [3.05, 3.63) is 235 Å². The van der Waals surface area contributed by atoms with Gasteiger partial charge in [0.1, 0.15) is 26.2 Å². The number of amides is 6. The summed E-state index contributed by atoms with van der Waals surface area (Å²) in [6.45, 7) is 4.98. The second-order valence-corrected chi connectivity index (χ2v) is 43.2. The largest absolute Gasteiger partial charge is 0.388 e. The lowest BCUT2D eigenvalue weighted by Gasteiger charge is -2.33. The second kappa shape index (κ2) is 58.0. The van der Waals surface area contributed by atoms with Gasteiger partial charge in [-0.25, -0.2) is 56.3 Å². The Kier molecular flexibility index (Phi) is 47.8. The van der Waals surface area contributed by atoms with Crippen LogP contribution < -0.4 is 75.1 Å². The highest BCUT2D eigenvalue weighted by Crippen LogP contribution is 2.35. The molecule has 0 radical (unpaired) electrons. The van der Waals surface area contributed by atoms with Crippen LogP contribution in [0, 0.1) is 0 Å². The number of pyridine rings is 1. The number of aryl methyl sites for hydroxylation is 1. The van der Waals surface area contributed by atoms with Crippen molar-refractivity contribution in [3.8, 4) is 11.4 Å². The standard InChI is InChI=1S/C15H23N3O.C14H21N3O3S.C13H19N3O3S.C13H21N3O3S.C13H14N2.C12H19N3O3S.C9H11N5.C9H14N2O2S/c1-16-14-9-5-6-12(10-14)11-17-15(19)18-13-7-3-2-4-8-13;1-15-11-5-4-6-12(9-11)17(10-14(18)16(2)3)21(19,20)13-7-8-13;1-14-11-5-3-6-12(9-11)16(20(2,18)19)10-13(17)15-7-4-8-15;1-5-20(18,19)16(10-13(17)15(3)4)12-8-6-7-11(9-12)14-2;1-14-13-4-2-3-12(10-13)9-11-5-7-15-8-6-11;1-13-10-6-5-7-11(8-10)15(19(4,17)18)9-12(16)14(2)3;1-10-8-5-3-4-7(6-8)9-11-12-13-14(9)2;1-3-11-14(12,13)9-6-4-5-8(7-9)10-2/h5-6,9-10,13,16H,2-4,7-8,11H2,1H3,(H2,17,18,19);4-6,9,13,15H,7-8,10H2,1-3H3;3,5-6,9,14H,4,7-8,10H2,1-2H3;6-9,14H,5,10H2,1-4H3;2-8,10,14H,9H2,1H3;5-8,13H,9H2,1-4H3;3-6,10H,1-2H3;4-7,10-11H,3H2,1-2H3. The van der Waals surface area contributed by atoms with E-state index < -0.39 is 50.1 Å². The topological polar surface area (TPSA) is 471 Å². The Bertz CT molecular complexity index is 6280. The minimum Gasteiger partial charge on any atom is -0.388 e. The fourth-order valence-corrected chi connectivity index (χ4v) is 19.1. The van der Waals surface area contributed by atoms with Gasteiger partial charge in [0.2, 0.25) is 73.7 Å². The average molecular weight is 2060 g/mol. The molecule has 1 aliphatic heterocycles. The fraction of sp³-hybridized carbons (Fsp3) is 0.398. The molecule has 2 aliphatic carbocycles. The highest BCUT2D eigenvalue weighted by Gasteiger charge is 2.41. The van der Waals surface area contributed by atoms with E-state index in [0.29, 0.717) is 67.8 Å². The summed E-state index contributed by atoms with van der Waals surface area (Å²) < 4.78 is 129. The number of urea groups is 1. The van der Waals surface area contributed by atoms with Crippen molar-refractivity contribution in [2.24, 2.45) is 7.05 Å². The number of rotatable bonds is 35. The van der Waals surface area contributed by atoms with Crippen LogP contribution >= 0.6 is 0 Å². The smallest absolute Gasteiger partial charge is 0.315 e. The van der Waals surface area contributed by atoms with Gasteiger partial charge in [0, 0.05) is 201 Å². The number of carbonyl (C=O) groups excluding carboxylic acids is 5. The van der Waals surface area contributed by atoms with Gasteiger partial charge in [-0.15, -0.1) is 5.10 Å². The van der Waals surface area contributed by atoms with E-state index in [0.717, 1.165) is 114 Å². The second-order valence-electron chi connectivity index (χ2n) is 33.3. The van der Waals surface area contributed by atoms with Gasteiger partial charge in [-0.1, -0.05) is 92.9 Å². The van der Waals surface area contributed by atoms with E-state index in [2.05, 4.69) is 103 Å². The first kappa shape index (κ1) is 117. The molecule has 44 heteroatoms. The van der Waals surface area contributed by atoms with Crippen LogP contribution in [0.25, 0.3) is 11.4 Å². The van der Waals surface area contributed by atoms with E-state index in [1.807, 2.05) is 132 Å². The average Bonchev–Trinajstić information content (AvgIpc) is 1.61. The van der Waals surface area contributed by atoms with E-state index in [1.54, 1.807) is 192 Å². The zero-order valence-electron chi connectivity index (χ0n) is 84.6. The normalized spacial score (nSPS) is 12.5. The number of hydrogen-bond donors (Lipinski definition) is 11. The molecule has 8 aromatic carbocycles. The number of aromatic nitrogens is 5. The third-order valence-corrected chi connectivity index (χ3v) is 29.9. The van der Waals surface area contributed by atoms with Crippen molar-refractivity contribution in [1.29, 1.82) is 0 Å². The van der Waals surface area contributed by atoms with Crippen molar-refractivity contribution in [2.75, 3.05) is 223 Å². The quantitative estimate of drug-likeness (QED) is 0.0176. The maximum atomic E-state index is 12.6. The first-order chi connectivity index (χ1) is 67.4. The molecule has 0 bridgehead atoms. The molecule has 3 aliphatic rings. The minimum atomic E-state index is -3.51. The molecule has 3 heterocycles. The summed E-state index contributed by atoms with van der Waals surface area (Å²) >= 11 is 0. The summed E-state index contributed by atoms with van der Waals surface area (Å²) in [5.41, 5.74) is 13.9. The van der Waals surface area contributed by atoms with Crippen molar-refractivity contribution in [3.63, 3.8) is 0 Å². The number of likely N-dealkylation sites (tertiary alicyclic amines) is 1. The summed E-state index contributed by atoms with van der Waals surface area (Å²) in [5, 5.41) is 40.9. The number of carbonyl (C=O) groups is 5. The maximum absolute atomic E-state index is 12.6. The van der Waals surface area contributed by atoms with Crippen molar-refractivity contribution in [1.82, 2.24) is 60.1 Å². The number of likely N-dealkylation sites (N-methyl/N-ethyl adjacent to an activating group) is 3. The van der Waals surface area contributed by atoms with E-state index in [9.17, 15) is 66.1 Å². The molecular weight excluding hydrogens is 1910 g/mol. The number of anilines is 12. The number of nitrogens with zero attached hydrogens (tertiary/aromatic N) is 13. The molecule has 142 heavy (non-hydrogen) atoms. The number of sulfonamides is 5. The molecule has 1 saturated heterocycles. The Hall–Kier alpha value is -13.6. The van der Waals surface area contributed by atoms with Crippen molar-refractivity contribution >= 4 is 148 Å². The summed E-state index contributed by atoms with van der Waals surface area (Å²) in [6.07, 6.45) is 15.1. The zero-order chi connectivity index (χ0) is 105. The molecule has 0 atom stereocenters. The Morgan fingerprint density at radius 2 is 0.803 bits per heavy atom. The number of nitrogens with one attached hydrogen (secondary N) is 11. The Balaban J connectivity index is 0.000000249. The molecular formula is C98H142N24O15S5. The molecule has 11 N–H and O–H groups in total. The van der Waals surface area contributed by atoms with Gasteiger partial charge in [0.15, 0.2) is 5.82 Å². The highest BCUT2D eigenvalue weighted by molar-refractivity contribution is 7.94. The van der Waals surface area contributed by atoms with Crippen molar-refractivity contribution < 1.29 is 66.1 Å². The van der Waals surface area contributed by atoms with Gasteiger partial charge in [-0.2, -0.15) is 0 Å². The maximum Gasteiger partial charge on any atom is 0.315 e. The van der Waals surface area contributed by atoms with Gasteiger partial charge in [0.25, 0.3) is 0 Å². The van der Waals surface area contributed by atoms with Crippen LogP contribution in [0.15, 0.2) is 224 Å². The molecule has 13 rings (SSSR count). The zero-order valence-corrected chi connectivity index (χ0v) is 88.7. The Labute approximate surface area is 839 Å². The lowest BCUT2D eigenvalue weighted by atomic mass is 9.96. The number of hydrogen-bond acceptors (Lipinski definition) is 27. The molecule has 3 fully saturated rings. The molecule has 2 aromatic heterocycles. The Morgan fingerprint density at radius 3 is 1.21 bits per heavy atom. The molecule has 10 aromatic rings. The first-order valence-corrected chi connectivity index (χ1v) is 54.4. The Morgan fingerprint density at radius 1 is 0.415 bits per heavy atom. The first-order valence-electron chi connectivity index (χ1n) is 46.1. The van der Waals surface area contributed by atoms with E-state index >= 15 is 0 Å². The molecule has 0 spiro atoms. The summed E-state index contributed by atoms with van der Waals surface area (Å²) in [7, 11) is 8.59. The van der Waals surface area contributed by atoms with E-state index in [1.165, 1.54) is 49.4 Å². The monoisotopic (exact) mass is 2050 g/mol. The van der Waals surface area contributed by atoms with Crippen LogP contribution in [0.5, 0.6) is 0 Å². The SMILES string of the molecule is CCNS(=O)(=O)c1cccc(NC)c1.CCS(=O)(=O)N(CC(=O)N(C)C)c1cccc(NC)c1.CNc1cccc(-c2nnnn2C)c1.CNc1cccc(CNC(=O)NC2CCCCC2)c1.CNc1cccc(Cc2ccncc2)c1.CNc1cccc(N(CC(=O)N(C)C)S(=O)(=O)C2CC2)c1.CNc1cccc(N(CC(=O)N(C)C)S(C)(=O)=O)c1.CNc1cccc(N(CC(=O)N2CCC2)S(C)(=O)=O)c1. The van der Waals surface area contributed by atoms with Crippen LogP contribution in [0.3, 0.4) is 0 Å². The number of benzene rings is 8. The fourth-order valence-electron chi connectivity index (χ4n) is 13.5. The van der Waals surface area contributed by atoms with Gasteiger partial charge in [-0.3, -0.25) is 41.4 Å². The van der Waals surface area contributed by atoms with Crippen molar-refractivity contribution in [2.45, 2.75) is 94.4 Å². The van der Waals surface area contributed by atoms with E-state index in [4.69, 9.17) is 0 Å². The number of tetrazole rings is 1. The van der Waals surface area contributed by atoms with E-state index in [-0.39, 0.29) is 71.7 Å². The minimum absolute atomic E-state index is 0.0539. The third-order valence-electron chi connectivity index (χ3n) is 22.0. The summed E-state index contributed by atoms with van der Waals surface area (Å²) in [6, 6.07) is 63.4. The molecule has 39 nitrogen and oxygen atoms in total. The molecule has 6 amide bonds. The predicted octanol–water partition coefficient (Wildman–Crippen LogP) is 10.9. The molecule has 2 saturated carbocycles. The van der Waals surface area contributed by atoms with Gasteiger partial charge < -0.3 is 72.8 Å². The third kappa shape index (κ3) is 39.1. The van der Waals surface area contributed by atoms with Crippen LogP contribution in [0.4, 0.5) is 73.0 Å². The van der Waals surface area contributed by atoms with Crippen LogP contribution in [0.2, 0.25) is 0 Å². The lowest BCUT2D eigenvalue weighted by Crippen LogP contribution is -2.48. The van der Waals surface area contributed by atoms with Gasteiger partial charge in [-0.05, 0) is 212 Å². The lowest BCUT2D eigenvalue weighted by molar-refractivity contribution is -0.133. The molecule has 0 unspecified atom stereocenters. The predicted molar refractivity (Wildman–Crippen MR) is 574 cm³/mol.